The van der Waals surface area contributed by atoms with Crippen molar-refractivity contribution in [2.45, 2.75) is 39.5 Å². The zero-order valence-electron chi connectivity index (χ0n) is 7.15. The molecule has 1 rings (SSSR count). The second-order valence-electron chi connectivity index (χ2n) is 3.49. The Morgan fingerprint density at radius 1 is 1.10 bits per heavy atom. The molecule has 0 aliphatic carbocycles. The predicted molar refractivity (Wildman–Crippen MR) is 43.1 cm³/mol. The monoisotopic (exact) mass is 142 g/mol. The van der Waals surface area contributed by atoms with Gasteiger partial charge in [-0.2, -0.15) is 0 Å². The van der Waals surface area contributed by atoms with Crippen LogP contribution < -0.4 is 0 Å². The molecule has 0 aromatic heterocycles. The van der Waals surface area contributed by atoms with E-state index in [1.54, 1.807) is 0 Å². The van der Waals surface area contributed by atoms with E-state index in [2.05, 4.69) is 13.8 Å². The fraction of sp³-hybridized carbons (Fsp3) is 1.00. The molecule has 1 aliphatic rings. The summed E-state index contributed by atoms with van der Waals surface area (Å²) >= 11 is 0. The number of ether oxygens (including phenoxy) is 1. The van der Waals surface area contributed by atoms with Crippen LogP contribution in [0.2, 0.25) is 0 Å². The molecule has 10 heavy (non-hydrogen) atoms. The predicted octanol–water partition coefficient (Wildman–Crippen LogP) is 2.60. The van der Waals surface area contributed by atoms with Crippen molar-refractivity contribution in [3.05, 3.63) is 0 Å². The molecule has 0 bridgehead atoms. The maximum atomic E-state index is 5.24. The summed E-state index contributed by atoms with van der Waals surface area (Å²) in [5.41, 5.74) is 0.601. The summed E-state index contributed by atoms with van der Waals surface area (Å²) < 4.78 is 5.24. The Kier molecular flexibility index (Phi) is 2.72. The van der Waals surface area contributed by atoms with Gasteiger partial charge in [-0.05, 0) is 12.8 Å². The van der Waals surface area contributed by atoms with Crippen molar-refractivity contribution in [1.29, 1.82) is 0 Å². The minimum absolute atomic E-state index is 0.601. The van der Waals surface area contributed by atoms with E-state index in [9.17, 15) is 0 Å². The van der Waals surface area contributed by atoms with Gasteiger partial charge in [0.15, 0.2) is 0 Å². The zero-order valence-corrected chi connectivity index (χ0v) is 7.15. The van der Waals surface area contributed by atoms with E-state index in [0.29, 0.717) is 5.41 Å². The van der Waals surface area contributed by atoms with Gasteiger partial charge in [0.25, 0.3) is 0 Å². The smallest absolute Gasteiger partial charge is 0.0544 e. The van der Waals surface area contributed by atoms with Crippen LogP contribution in [0.15, 0.2) is 0 Å². The van der Waals surface area contributed by atoms with Crippen LogP contribution in [0.25, 0.3) is 0 Å². The van der Waals surface area contributed by atoms with Gasteiger partial charge in [-0.15, -0.1) is 0 Å². The van der Waals surface area contributed by atoms with Crippen molar-refractivity contribution in [1.82, 2.24) is 0 Å². The van der Waals surface area contributed by atoms with Crippen molar-refractivity contribution < 1.29 is 4.74 Å². The van der Waals surface area contributed by atoms with Crippen molar-refractivity contribution >= 4 is 0 Å². The minimum atomic E-state index is 0.601. The quantitative estimate of drug-likeness (QED) is 0.586. The third-order valence-corrected chi connectivity index (χ3v) is 2.38. The highest BCUT2D eigenvalue weighted by atomic mass is 16.5. The van der Waals surface area contributed by atoms with E-state index in [4.69, 9.17) is 4.74 Å². The van der Waals surface area contributed by atoms with Gasteiger partial charge in [-0.1, -0.05) is 26.7 Å². The topological polar surface area (TPSA) is 9.23 Å². The fourth-order valence-electron chi connectivity index (χ4n) is 1.87. The number of hydrogen-bond acceptors (Lipinski definition) is 1. The van der Waals surface area contributed by atoms with Crippen molar-refractivity contribution in [2.24, 2.45) is 5.41 Å². The zero-order chi connectivity index (χ0) is 7.45. The SMILES string of the molecule is CCCC1(CCC)COC1. The molecule has 60 valence electrons. The number of rotatable bonds is 4. The maximum Gasteiger partial charge on any atom is 0.0544 e. The van der Waals surface area contributed by atoms with Crippen LogP contribution >= 0.6 is 0 Å². The van der Waals surface area contributed by atoms with Gasteiger partial charge in [0.1, 0.15) is 0 Å². The molecule has 0 amide bonds. The molecule has 0 spiro atoms. The second-order valence-corrected chi connectivity index (χ2v) is 3.49. The molecule has 0 saturated carbocycles. The van der Waals surface area contributed by atoms with E-state index in [1.807, 2.05) is 0 Å². The van der Waals surface area contributed by atoms with Crippen LogP contribution in [-0.4, -0.2) is 13.2 Å². The molecule has 0 aromatic rings. The summed E-state index contributed by atoms with van der Waals surface area (Å²) in [5.74, 6) is 0. The van der Waals surface area contributed by atoms with Crippen molar-refractivity contribution in [3.63, 3.8) is 0 Å². The molecule has 0 radical (unpaired) electrons. The van der Waals surface area contributed by atoms with E-state index in [1.165, 1.54) is 25.7 Å². The van der Waals surface area contributed by atoms with Gasteiger partial charge in [0.05, 0.1) is 13.2 Å². The van der Waals surface area contributed by atoms with E-state index < -0.39 is 0 Å². The summed E-state index contributed by atoms with van der Waals surface area (Å²) in [7, 11) is 0. The van der Waals surface area contributed by atoms with Crippen LogP contribution in [-0.2, 0) is 4.74 Å². The Balaban J connectivity index is 2.27. The standard InChI is InChI=1S/C9H18O/c1-3-5-9(6-4-2)7-10-8-9/h3-8H2,1-2H3. The van der Waals surface area contributed by atoms with Gasteiger partial charge in [0.2, 0.25) is 0 Å². The Labute approximate surface area is 63.8 Å². The Morgan fingerprint density at radius 2 is 1.60 bits per heavy atom. The first-order valence-electron chi connectivity index (χ1n) is 4.41. The third-order valence-electron chi connectivity index (χ3n) is 2.38. The Bertz CT molecular complexity index is 86.9. The summed E-state index contributed by atoms with van der Waals surface area (Å²) in [5, 5.41) is 0. The van der Waals surface area contributed by atoms with Crippen LogP contribution in [0.1, 0.15) is 39.5 Å². The van der Waals surface area contributed by atoms with E-state index in [0.717, 1.165) is 13.2 Å². The molecular weight excluding hydrogens is 124 g/mol. The van der Waals surface area contributed by atoms with Gasteiger partial charge in [-0.25, -0.2) is 0 Å². The Hall–Kier alpha value is -0.0400. The van der Waals surface area contributed by atoms with Crippen LogP contribution in [0.3, 0.4) is 0 Å². The Morgan fingerprint density at radius 3 is 1.80 bits per heavy atom. The average molecular weight is 142 g/mol. The molecular formula is C9H18O. The number of hydrogen-bond donors (Lipinski definition) is 0. The highest BCUT2D eigenvalue weighted by molar-refractivity contribution is 4.84. The molecule has 1 heteroatoms. The lowest BCUT2D eigenvalue weighted by Gasteiger charge is -2.41. The molecule has 1 nitrogen and oxygen atoms in total. The maximum absolute atomic E-state index is 5.24. The summed E-state index contributed by atoms with van der Waals surface area (Å²) in [6.07, 6.45) is 5.34. The normalized spacial score (nSPS) is 22.2. The van der Waals surface area contributed by atoms with Gasteiger partial charge in [0, 0.05) is 5.41 Å². The lowest BCUT2D eigenvalue weighted by Crippen LogP contribution is -2.42. The molecule has 0 atom stereocenters. The van der Waals surface area contributed by atoms with Gasteiger partial charge < -0.3 is 4.74 Å². The lowest BCUT2D eigenvalue weighted by atomic mass is 9.78. The molecule has 1 saturated heterocycles. The third kappa shape index (κ3) is 1.51. The molecule has 0 unspecified atom stereocenters. The first-order valence-corrected chi connectivity index (χ1v) is 4.41. The average Bonchev–Trinajstić information content (AvgIpc) is 1.84. The highest BCUT2D eigenvalue weighted by Crippen LogP contribution is 2.37. The minimum Gasteiger partial charge on any atom is -0.380 e. The summed E-state index contributed by atoms with van der Waals surface area (Å²) in [4.78, 5) is 0. The summed E-state index contributed by atoms with van der Waals surface area (Å²) in [6, 6.07) is 0. The van der Waals surface area contributed by atoms with Gasteiger partial charge in [-0.3, -0.25) is 0 Å². The second kappa shape index (κ2) is 3.38. The molecule has 0 aromatic carbocycles. The lowest BCUT2D eigenvalue weighted by molar-refractivity contribution is -0.122. The molecule has 1 fully saturated rings. The van der Waals surface area contributed by atoms with E-state index >= 15 is 0 Å². The van der Waals surface area contributed by atoms with Crippen LogP contribution in [0.4, 0.5) is 0 Å². The molecule has 1 heterocycles. The highest BCUT2D eigenvalue weighted by Gasteiger charge is 2.36. The van der Waals surface area contributed by atoms with E-state index in [-0.39, 0.29) is 0 Å². The first kappa shape index (κ1) is 8.06. The van der Waals surface area contributed by atoms with Crippen LogP contribution in [0.5, 0.6) is 0 Å². The largest absolute Gasteiger partial charge is 0.380 e. The summed E-state index contributed by atoms with van der Waals surface area (Å²) in [6.45, 7) is 6.56. The molecule has 1 aliphatic heterocycles. The van der Waals surface area contributed by atoms with Gasteiger partial charge >= 0.3 is 0 Å². The van der Waals surface area contributed by atoms with Crippen LogP contribution in [0, 0.1) is 5.41 Å². The first-order chi connectivity index (χ1) is 4.83. The molecule has 0 N–H and O–H groups in total. The van der Waals surface area contributed by atoms with Crippen molar-refractivity contribution in [3.8, 4) is 0 Å². The fourth-order valence-corrected chi connectivity index (χ4v) is 1.87. The van der Waals surface area contributed by atoms with Crippen molar-refractivity contribution in [2.75, 3.05) is 13.2 Å².